The van der Waals surface area contributed by atoms with Gasteiger partial charge in [-0.2, -0.15) is 13.2 Å². The molecule has 31 heavy (non-hydrogen) atoms. The monoisotopic (exact) mass is 445 g/mol. The van der Waals surface area contributed by atoms with Crippen LogP contribution >= 0.6 is 11.8 Å². The van der Waals surface area contributed by atoms with E-state index in [4.69, 9.17) is 0 Å². The molecule has 2 heterocycles. The van der Waals surface area contributed by atoms with Gasteiger partial charge in [0.25, 0.3) is 5.56 Å². The van der Waals surface area contributed by atoms with E-state index >= 15 is 0 Å². The molecular weight excluding hydrogens is 430 g/mol. The Hall–Kier alpha value is -3.20. The number of pyridine rings is 1. The highest BCUT2D eigenvalue weighted by atomic mass is 32.2. The first-order chi connectivity index (χ1) is 14.8. The summed E-state index contributed by atoms with van der Waals surface area (Å²) < 4.78 is 55.8. The Balaban J connectivity index is 1.97. The van der Waals surface area contributed by atoms with Crippen molar-refractivity contribution in [1.29, 1.82) is 0 Å². The number of halogens is 4. The predicted octanol–water partition coefficient (Wildman–Crippen LogP) is 5.39. The molecule has 0 aliphatic carbocycles. The van der Waals surface area contributed by atoms with Gasteiger partial charge in [0.15, 0.2) is 5.16 Å². The van der Waals surface area contributed by atoms with Crippen molar-refractivity contribution in [1.82, 2.24) is 14.5 Å². The smallest absolute Gasteiger partial charge is 0.310 e. The zero-order chi connectivity index (χ0) is 22.2. The zero-order valence-corrected chi connectivity index (χ0v) is 17.0. The van der Waals surface area contributed by atoms with Crippen molar-refractivity contribution >= 4 is 22.7 Å². The first-order valence-corrected chi connectivity index (χ1v) is 10.4. The average molecular weight is 445 g/mol. The molecule has 0 aliphatic rings. The number of fused-ring (bicyclic) bond motifs is 1. The Morgan fingerprint density at radius 1 is 1.06 bits per heavy atom. The fourth-order valence-corrected chi connectivity index (χ4v) is 3.70. The van der Waals surface area contributed by atoms with Crippen molar-refractivity contribution in [3.8, 4) is 11.1 Å². The molecular formula is C22H15F4N3OS. The van der Waals surface area contributed by atoms with E-state index < -0.39 is 35.2 Å². The second-order valence-corrected chi connectivity index (χ2v) is 7.50. The second kappa shape index (κ2) is 8.14. The van der Waals surface area contributed by atoms with Crippen molar-refractivity contribution in [2.45, 2.75) is 17.9 Å². The molecule has 0 fully saturated rings. The molecule has 0 saturated carbocycles. The van der Waals surface area contributed by atoms with Crippen LogP contribution in [-0.2, 0) is 12.7 Å². The van der Waals surface area contributed by atoms with Gasteiger partial charge in [-0.1, -0.05) is 48.2 Å². The number of nitrogens with zero attached hydrogens (tertiary/aromatic N) is 3. The maximum atomic E-state index is 14.4. The van der Waals surface area contributed by atoms with Gasteiger partial charge in [-0.25, -0.2) is 14.4 Å². The molecule has 0 N–H and O–H groups in total. The Bertz CT molecular complexity index is 1320. The summed E-state index contributed by atoms with van der Waals surface area (Å²) in [6.45, 7) is -0.583. The number of hydrogen-bond acceptors (Lipinski definition) is 4. The molecule has 2 aromatic heterocycles. The van der Waals surface area contributed by atoms with Crippen molar-refractivity contribution in [2.24, 2.45) is 0 Å². The Kier molecular flexibility index (Phi) is 5.53. The SMILES string of the molecule is CSc1ncc2c(=O)n(Cc3c(F)cccc3C(F)(F)F)cc(-c3ccccc3)c2n1. The number of hydrogen-bond donors (Lipinski definition) is 0. The molecule has 0 atom stereocenters. The maximum absolute atomic E-state index is 14.4. The van der Waals surface area contributed by atoms with Crippen LogP contribution in [0.5, 0.6) is 0 Å². The van der Waals surface area contributed by atoms with Crippen molar-refractivity contribution < 1.29 is 17.6 Å². The summed E-state index contributed by atoms with van der Waals surface area (Å²) in [4.78, 5) is 21.6. The third-order valence-electron chi connectivity index (χ3n) is 4.82. The molecule has 0 unspecified atom stereocenters. The van der Waals surface area contributed by atoms with E-state index in [0.717, 1.165) is 28.3 Å². The number of aromatic nitrogens is 3. The van der Waals surface area contributed by atoms with Crippen LogP contribution in [0.15, 0.2) is 70.9 Å². The molecule has 0 spiro atoms. The highest BCUT2D eigenvalue weighted by Gasteiger charge is 2.34. The average Bonchev–Trinajstić information content (AvgIpc) is 2.76. The standard InChI is InChI=1S/C22H15F4N3OS/c1-31-21-27-10-14-19(28-21)15(13-6-3-2-4-7-13)11-29(20(14)30)12-16-17(22(24,25)26)8-5-9-18(16)23/h2-11H,12H2,1H3. The van der Waals surface area contributed by atoms with Crippen LogP contribution in [0, 0.1) is 5.82 Å². The lowest BCUT2D eigenvalue weighted by molar-refractivity contribution is -0.138. The van der Waals surface area contributed by atoms with Crippen LogP contribution in [0.3, 0.4) is 0 Å². The summed E-state index contributed by atoms with van der Waals surface area (Å²) >= 11 is 1.30. The lowest BCUT2D eigenvalue weighted by Crippen LogP contribution is -2.24. The molecule has 0 bridgehead atoms. The molecule has 9 heteroatoms. The quantitative estimate of drug-likeness (QED) is 0.240. The van der Waals surface area contributed by atoms with Gasteiger partial charge in [0.05, 0.1) is 23.0 Å². The highest BCUT2D eigenvalue weighted by molar-refractivity contribution is 7.98. The lowest BCUT2D eigenvalue weighted by Gasteiger charge is -2.16. The largest absolute Gasteiger partial charge is 0.416 e. The molecule has 0 aliphatic heterocycles. The summed E-state index contributed by atoms with van der Waals surface area (Å²) in [6, 6.07) is 11.8. The normalized spacial score (nSPS) is 11.8. The predicted molar refractivity (Wildman–Crippen MR) is 112 cm³/mol. The van der Waals surface area contributed by atoms with Gasteiger partial charge in [-0.3, -0.25) is 4.79 Å². The molecule has 158 valence electrons. The van der Waals surface area contributed by atoms with E-state index in [2.05, 4.69) is 9.97 Å². The number of rotatable bonds is 4. The number of alkyl halides is 3. The summed E-state index contributed by atoms with van der Waals surface area (Å²) in [5.41, 5.74) is -0.670. The lowest BCUT2D eigenvalue weighted by atomic mass is 10.0. The van der Waals surface area contributed by atoms with E-state index in [1.165, 1.54) is 24.2 Å². The molecule has 4 aromatic rings. The van der Waals surface area contributed by atoms with E-state index in [1.54, 1.807) is 30.5 Å². The van der Waals surface area contributed by atoms with Crippen molar-refractivity contribution in [3.05, 3.63) is 88.2 Å². The van der Waals surface area contributed by atoms with Crippen LogP contribution in [0.1, 0.15) is 11.1 Å². The van der Waals surface area contributed by atoms with Gasteiger partial charge in [-0.15, -0.1) is 0 Å². The van der Waals surface area contributed by atoms with Gasteiger partial charge in [0.2, 0.25) is 0 Å². The summed E-state index contributed by atoms with van der Waals surface area (Å²) in [5.74, 6) is -1.03. The van der Waals surface area contributed by atoms with Crippen LogP contribution in [-0.4, -0.2) is 20.8 Å². The molecule has 4 rings (SSSR count). The van der Waals surface area contributed by atoms with Crippen LogP contribution in [0.4, 0.5) is 17.6 Å². The summed E-state index contributed by atoms with van der Waals surface area (Å²) in [6.07, 6.45) is -0.187. The number of thioether (sulfide) groups is 1. The van der Waals surface area contributed by atoms with Gasteiger partial charge in [-0.05, 0) is 24.0 Å². The first kappa shape index (κ1) is 21.0. The summed E-state index contributed by atoms with van der Waals surface area (Å²) in [7, 11) is 0. The first-order valence-electron chi connectivity index (χ1n) is 9.14. The zero-order valence-electron chi connectivity index (χ0n) is 16.2. The fourth-order valence-electron chi connectivity index (χ4n) is 3.36. The van der Waals surface area contributed by atoms with Gasteiger partial charge >= 0.3 is 6.18 Å². The van der Waals surface area contributed by atoms with Crippen LogP contribution in [0.2, 0.25) is 0 Å². The second-order valence-electron chi connectivity index (χ2n) is 6.72. The fraction of sp³-hybridized carbons (Fsp3) is 0.136. The van der Waals surface area contributed by atoms with Gasteiger partial charge in [0, 0.05) is 23.5 Å². The Morgan fingerprint density at radius 3 is 2.48 bits per heavy atom. The summed E-state index contributed by atoms with van der Waals surface area (Å²) in [5, 5.41) is 0.597. The minimum atomic E-state index is -4.75. The molecule has 0 saturated heterocycles. The highest BCUT2D eigenvalue weighted by Crippen LogP contribution is 2.34. The van der Waals surface area contributed by atoms with E-state index in [9.17, 15) is 22.4 Å². The van der Waals surface area contributed by atoms with Gasteiger partial charge < -0.3 is 4.57 Å². The minimum absolute atomic E-state index is 0.143. The maximum Gasteiger partial charge on any atom is 0.416 e. The Labute approximate surface area is 178 Å². The molecule has 2 aromatic carbocycles. The molecule has 4 nitrogen and oxygen atoms in total. The third-order valence-corrected chi connectivity index (χ3v) is 5.38. The van der Waals surface area contributed by atoms with E-state index in [0.29, 0.717) is 16.2 Å². The van der Waals surface area contributed by atoms with E-state index in [-0.39, 0.29) is 5.39 Å². The van der Waals surface area contributed by atoms with E-state index in [1.807, 2.05) is 6.07 Å². The van der Waals surface area contributed by atoms with Gasteiger partial charge in [0.1, 0.15) is 5.82 Å². The topological polar surface area (TPSA) is 47.8 Å². The minimum Gasteiger partial charge on any atom is -0.310 e. The van der Waals surface area contributed by atoms with Crippen molar-refractivity contribution in [3.63, 3.8) is 0 Å². The molecule has 0 amide bonds. The third kappa shape index (κ3) is 4.05. The van der Waals surface area contributed by atoms with Crippen LogP contribution < -0.4 is 5.56 Å². The Morgan fingerprint density at radius 2 is 1.81 bits per heavy atom. The molecule has 0 radical (unpaired) electrons. The van der Waals surface area contributed by atoms with Crippen LogP contribution in [0.25, 0.3) is 22.0 Å². The number of benzene rings is 2. The van der Waals surface area contributed by atoms with Crippen molar-refractivity contribution in [2.75, 3.05) is 6.26 Å².